The Morgan fingerprint density at radius 3 is 2.15 bits per heavy atom. The normalized spacial score (nSPS) is 10.2. The third-order valence-corrected chi connectivity index (χ3v) is 4.39. The van der Waals surface area contributed by atoms with E-state index < -0.39 is 0 Å². The first-order valence-corrected chi connectivity index (χ1v) is 8.92. The maximum absolute atomic E-state index is 12.0. The molecule has 4 N–H and O–H groups in total. The van der Waals surface area contributed by atoms with Crippen molar-refractivity contribution >= 4 is 34.6 Å². The Balaban J connectivity index is 1.81. The van der Waals surface area contributed by atoms with Gasteiger partial charge in [0.15, 0.2) is 5.11 Å². The van der Waals surface area contributed by atoms with Gasteiger partial charge < -0.3 is 10.6 Å². The number of anilines is 2. The van der Waals surface area contributed by atoms with Crippen LogP contribution in [0.4, 0.5) is 11.4 Å². The van der Waals surface area contributed by atoms with Crippen LogP contribution in [0.3, 0.4) is 0 Å². The van der Waals surface area contributed by atoms with Gasteiger partial charge in [0.05, 0.1) is 6.54 Å². The number of hydrazine groups is 1. The van der Waals surface area contributed by atoms with Crippen molar-refractivity contribution in [3.8, 4) is 0 Å². The second-order valence-electron chi connectivity index (χ2n) is 6.55. The lowest BCUT2D eigenvalue weighted by molar-refractivity contribution is -0.119. The SMILES string of the molecule is Cc1cc(C)c(NCC(=O)NNC(=S)Nc2ccc(C)c(C)c2)c(C)c1. The monoisotopic (exact) mass is 370 g/mol. The van der Waals surface area contributed by atoms with E-state index in [-0.39, 0.29) is 12.5 Å². The Kier molecular flexibility index (Phi) is 6.58. The fraction of sp³-hybridized carbons (Fsp3) is 0.300. The van der Waals surface area contributed by atoms with Gasteiger partial charge in [-0.25, -0.2) is 0 Å². The molecular weight excluding hydrogens is 344 g/mol. The summed E-state index contributed by atoms with van der Waals surface area (Å²) in [5, 5.41) is 6.57. The van der Waals surface area contributed by atoms with Gasteiger partial charge in [0.25, 0.3) is 5.91 Å². The van der Waals surface area contributed by atoms with Gasteiger partial charge in [0.1, 0.15) is 0 Å². The van der Waals surface area contributed by atoms with Gasteiger partial charge >= 0.3 is 0 Å². The molecule has 26 heavy (non-hydrogen) atoms. The van der Waals surface area contributed by atoms with Crippen LogP contribution in [0.25, 0.3) is 0 Å². The van der Waals surface area contributed by atoms with Gasteiger partial charge in [-0.1, -0.05) is 23.8 Å². The van der Waals surface area contributed by atoms with Crippen molar-refractivity contribution in [2.24, 2.45) is 0 Å². The van der Waals surface area contributed by atoms with E-state index in [0.717, 1.165) is 22.5 Å². The molecule has 0 aromatic heterocycles. The van der Waals surface area contributed by atoms with Crippen molar-refractivity contribution in [2.75, 3.05) is 17.2 Å². The van der Waals surface area contributed by atoms with E-state index in [1.807, 2.05) is 39.0 Å². The number of thiocarbonyl (C=S) groups is 1. The minimum absolute atomic E-state index is 0.157. The molecule has 2 rings (SSSR count). The van der Waals surface area contributed by atoms with Crippen molar-refractivity contribution in [2.45, 2.75) is 34.6 Å². The van der Waals surface area contributed by atoms with E-state index >= 15 is 0 Å². The molecule has 0 heterocycles. The second-order valence-corrected chi connectivity index (χ2v) is 6.96. The van der Waals surface area contributed by atoms with E-state index in [1.165, 1.54) is 16.7 Å². The Labute approximate surface area is 160 Å². The summed E-state index contributed by atoms with van der Waals surface area (Å²) in [6.45, 7) is 10.4. The standard InChI is InChI=1S/C20H26N4OS/c1-12-8-15(4)19(16(5)9-12)21-11-18(25)23-24-20(26)22-17-7-6-13(2)14(3)10-17/h6-10,21H,11H2,1-5H3,(H,23,25)(H2,22,24,26). The van der Waals surface area contributed by atoms with Gasteiger partial charge in [0, 0.05) is 11.4 Å². The van der Waals surface area contributed by atoms with E-state index in [1.54, 1.807) is 0 Å². The van der Waals surface area contributed by atoms with Gasteiger partial charge in [-0.05, 0) is 81.2 Å². The number of amides is 1. The fourth-order valence-electron chi connectivity index (χ4n) is 2.78. The number of rotatable bonds is 4. The summed E-state index contributed by atoms with van der Waals surface area (Å²) in [5.41, 5.74) is 13.0. The molecule has 0 atom stereocenters. The van der Waals surface area contributed by atoms with Crippen LogP contribution in [0.1, 0.15) is 27.8 Å². The lowest BCUT2D eigenvalue weighted by Crippen LogP contribution is -2.45. The first-order chi connectivity index (χ1) is 12.3. The number of aryl methyl sites for hydroxylation is 5. The Morgan fingerprint density at radius 1 is 0.885 bits per heavy atom. The van der Waals surface area contributed by atoms with Crippen LogP contribution in [-0.4, -0.2) is 17.6 Å². The van der Waals surface area contributed by atoms with Crippen molar-refractivity contribution in [1.82, 2.24) is 10.9 Å². The minimum atomic E-state index is -0.200. The third-order valence-electron chi connectivity index (χ3n) is 4.18. The Morgan fingerprint density at radius 2 is 1.54 bits per heavy atom. The summed E-state index contributed by atoms with van der Waals surface area (Å²) in [4.78, 5) is 12.0. The van der Waals surface area contributed by atoms with Crippen molar-refractivity contribution in [3.63, 3.8) is 0 Å². The van der Waals surface area contributed by atoms with Crippen LogP contribution in [0, 0.1) is 34.6 Å². The number of hydrogen-bond acceptors (Lipinski definition) is 3. The first kappa shape index (κ1) is 19.7. The molecule has 2 aromatic rings. The summed E-state index contributed by atoms with van der Waals surface area (Å²) in [5.74, 6) is -0.200. The molecule has 0 radical (unpaired) electrons. The lowest BCUT2D eigenvalue weighted by atomic mass is 10.1. The predicted molar refractivity (Wildman–Crippen MR) is 113 cm³/mol. The molecule has 0 spiro atoms. The summed E-state index contributed by atoms with van der Waals surface area (Å²) >= 11 is 5.21. The zero-order valence-electron chi connectivity index (χ0n) is 15.9. The lowest BCUT2D eigenvalue weighted by Gasteiger charge is -2.15. The highest BCUT2D eigenvalue weighted by Crippen LogP contribution is 2.21. The minimum Gasteiger partial charge on any atom is -0.376 e. The van der Waals surface area contributed by atoms with Crippen molar-refractivity contribution in [3.05, 3.63) is 58.1 Å². The third kappa shape index (κ3) is 5.46. The molecule has 0 bridgehead atoms. The molecule has 0 unspecified atom stereocenters. The van der Waals surface area contributed by atoms with Gasteiger partial charge in [-0.3, -0.25) is 15.6 Å². The van der Waals surface area contributed by atoms with Gasteiger partial charge in [-0.2, -0.15) is 0 Å². The zero-order chi connectivity index (χ0) is 19.3. The number of carbonyl (C=O) groups is 1. The second kappa shape index (κ2) is 8.67. The highest BCUT2D eigenvalue weighted by Gasteiger charge is 2.07. The molecular formula is C20H26N4OS. The molecule has 5 nitrogen and oxygen atoms in total. The van der Waals surface area contributed by atoms with E-state index in [2.05, 4.69) is 47.5 Å². The molecule has 0 fully saturated rings. The fourth-order valence-corrected chi connectivity index (χ4v) is 2.95. The van der Waals surface area contributed by atoms with Gasteiger partial charge in [-0.15, -0.1) is 0 Å². The van der Waals surface area contributed by atoms with Crippen LogP contribution in [0.2, 0.25) is 0 Å². The maximum atomic E-state index is 12.0. The van der Waals surface area contributed by atoms with Crippen LogP contribution >= 0.6 is 12.2 Å². The smallest absolute Gasteiger partial charge is 0.257 e. The Hall–Kier alpha value is -2.60. The largest absolute Gasteiger partial charge is 0.376 e. The molecule has 0 aliphatic carbocycles. The molecule has 0 saturated carbocycles. The molecule has 6 heteroatoms. The summed E-state index contributed by atoms with van der Waals surface area (Å²) in [6.07, 6.45) is 0. The molecule has 0 saturated heterocycles. The zero-order valence-corrected chi connectivity index (χ0v) is 16.7. The molecule has 0 aliphatic rings. The summed E-state index contributed by atoms with van der Waals surface area (Å²) in [6, 6.07) is 10.2. The molecule has 1 amide bonds. The number of carbonyl (C=O) groups excluding carboxylic acids is 1. The van der Waals surface area contributed by atoms with Crippen molar-refractivity contribution < 1.29 is 4.79 Å². The molecule has 2 aromatic carbocycles. The number of hydrogen-bond donors (Lipinski definition) is 4. The highest BCUT2D eigenvalue weighted by molar-refractivity contribution is 7.80. The van der Waals surface area contributed by atoms with Crippen LogP contribution in [0.5, 0.6) is 0 Å². The van der Waals surface area contributed by atoms with E-state index in [9.17, 15) is 4.79 Å². The predicted octanol–water partition coefficient (Wildman–Crippen LogP) is 3.66. The average Bonchev–Trinajstić information content (AvgIpc) is 2.55. The van der Waals surface area contributed by atoms with E-state index in [0.29, 0.717) is 5.11 Å². The quantitative estimate of drug-likeness (QED) is 0.489. The Bertz CT molecular complexity index is 810. The highest BCUT2D eigenvalue weighted by atomic mass is 32.1. The molecule has 0 aliphatic heterocycles. The first-order valence-electron chi connectivity index (χ1n) is 8.51. The van der Waals surface area contributed by atoms with Crippen LogP contribution in [0.15, 0.2) is 30.3 Å². The maximum Gasteiger partial charge on any atom is 0.257 e. The van der Waals surface area contributed by atoms with Crippen LogP contribution in [-0.2, 0) is 4.79 Å². The van der Waals surface area contributed by atoms with Crippen molar-refractivity contribution in [1.29, 1.82) is 0 Å². The van der Waals surface area contributed by atoms with Gasteiger partial charge in [0.2, 0.25) is 0 Å². The summed E-state index contributed by atoms with van der Waals surface area (Å²) in [7, 11) is 0. The summed E-state index contributed by atoms with van der Waals surface area (Å²) < 4.78 is 0. The van der Waals surface area contributed by atoms with Crippen LogP contribution < -0.4 is 21.5 Å². The number of benzene rings is 2. The van der Waals surface area contributed by atoms with E-state index in [4.69, 9.17) is 12.2 Å². The topological polar surface area (TPSA) is 65.2 Å². The average molecular weight is 371 g/mol. The number of nitrogens with one attached hydrogen (secondary N) is 4. The molecule has 138 valence electrons.